The fraction of sp³-hybridized carbons (Fsp3) is 0.938. The molecule has 1 atom stereocenters. The van der Waals surface area contributed by atoms with Crippen molar-refractivity contribution in [3.05, 3.63) is 0 Å². The van der Waals surface area contributed by atoms with Crippen LogP contribution in [0, 0.1) is 5.92 Å². The van der Waals surface area contributed by atoms with Gasteiger partial charge >= 0.3 is 0 Å². The van der Waals surface area contributed by atoms with Crippen molar-refractivity contribution < 1.29 is 4.74 Å². The summed E-state index contributed by atoms with van der Waals surface area (Å²) in [6.45, 7) is 4.88. The summed E-state index contributed by atoms with van der Waals surface area (Å²) >= 11 is 0. The third-order valence-corrected chi connectivity index (χ3v) is 4.83. The lowest BCUT2D eigenvalue weighted by Gasteiger charge is -2.27. The predicted octanol–water partition coefficient (Wildman–Crippen LogP) is 1.40. The van der Waals surface area contributed by atoms with E-state index in [1.165, 1.54) is 32.1 Å². The van der Waals surface area contributed by atoms with Crippen molar-refractivity contribution in [2.75, 3.05) is 54.0 Å². The van der Waals surface area contributed by atoms with Crippen LogP contribution in [0.3, 0.4) is 0 Å². The van der Waals surface area contributed by atoms with Gasteiger partial charge < -0.3 is 19.9 Å². The summed E-state index contributed by atoms with van der Waals surface area (Å²) in [5.41, 5.74) is 0. The quantitative estimate of drug-likeness (QED) is 0.594. The van der Waals surface area contributed by atoms with Crippen LogP contribution in [0.15, 0.2) is 4.99 Å². The molecule has 2 fully saturated rings. The van der Waals surface area contributed by atoms with Crippen molar-refractivity contribution in [2.45, 2.75) is 38.1 Å². The number of aliphatic imine (C=N–C) groups is 1. The van der Waals surface area contributed by atoms with Crippen molar-refractivity contribution in [1.82, 2.24) is 15.1 Å². The second-order valence-electron chi connectivity index (χ2n) is 6.50. The lowest BCUT2D eigenvalue weighted by molar-refractivity contribution is 0.181. The highest BCUT2D eigenvalue weighted by Crippen LogP contribution is 2.21. The van der Waals surface area contributed by atoms with Crippen LogP contribution in [0.25, 0.3) is 0 Å². The minimum atomic E-state index is 0.648. The Bertz CT molecular complexity index is 322. The topological polar surface area (TPSA) is 40.1 Å². The largest absolute Gasteiger partial charge is 0.381 e. The van der Waals surface area contributed by atoms with E-state index in [1.807, 2.05) is 7.05 Å². The molecule has 122 valence electrons. The molecule has 5 heteroatoms. The van der Waals surface area contributed by atoms with Crippen LogP contribution in [0.2, 0.25) is 0 Å². The molecule has 2 aliphatic rings. The van der Waals surface area contributed by atoms with Crippen LogP contribution in [0.1, 0.15) is 32.1 Å². The third-order valence-electron chi connectivity index (χ3n) is 4.83. The van der Waals surface area contributed by atoms with E-state index in [-0.39, 0.29) is 0 Å². The van der Waals surface area contributed by atoms with Gasteiger partial charge in [-0.15, -0.1) is 0 Å². The van der Waals surface area contributed by atoms with E-state index in [0.29, 0.717) is 5.92 Å². The van der Waals surface area contributed by atoms with Crippen molar-refractivity contribution >= 4 is 5.96 Å². The monoisotopic (exact) mass is 296 g/mol. The van der Waals surface area contributed by atoms with Gasteiger partial charge in [-0.05, 0) is 26.3 Å². The molecule has 5 nitrogen and oxygen atoms in total. The van der Waals surface area contributed by atoms with Crippen LogP contribution in [0.5, 0.6) is 0 Å². The Kier molecular flexibility index (Phi) is 6.77. The Labute approximate surface area is 129 Å². The Morgan fingerprint density at radius 1 is 1.24 bits per heavy atom. The molecule has 1 unspecified atom stereocenters. The summed E-state index contributed by atoms with van der Waals surface area (Å²) in [6.07, 6.45) is 6.71. The molecule has 2 rings (SSSR count). The Morgan fingerprint density at radius 3 is 2.62 bits per heavy atom. The number of hydrogen-bond acceptors (Lipinski definition) is 3. The smallest absolute Gasteiger partial charge is 0.193 e. The first-order valence-electron chi connectivity index (χ1n) is 8.40. The van der Waals surface area contributed by atoms with Gasteiger partial charge in [-0.2, -0.15) is 0 Å². The van der Waals surface area contributed by atoms with Gasteiger partial charge in [0.15, 0.2) is 5.96 Å². The molecule has 1 aliphatic carbocycles. The molecular formula is C16H32N4O. The maximum atomic E-state index is 5.45. The van der Waals surface area contributed by atoms with Gasteiger partial charge in [0.05, 0.1) is 6.61 Å². The summed E-state index contributed by atoms with van der Waals surface area (Å²) in [5.74, 6) is 1.65. The molecule has 0 bridgehead atoms. The van der Waals surface area contributed by atoms with Gasteiger partial charge in [0.2, 0.25) is 0 Å². The zero-order valence-corrected chi connectivity index (χ0v) is 14.0. The second kappa shape index (κ2) is 8.59. The zero-order chi connectivity index (χ0) is 15.1. The van der Waals surface area contributed by atoms with E-state index in [9.17, 15) is 0 Å². The zero-order valence-electron chi connectivity index (χ0n) is 14.0. The van der Waals surface area contributed by atoms with Gasteiger partial charge in [0.1, 0.15) is 0 Å². The number of hydrogen-bond donors (Lipinski definition) is 1. The number of nitrogens with zero attached hydrogens (tertiary/aromatic N) is 3. The highest BCUT2D eigenvalue weighted by Gasteiger charge is 2.20. The summed E-state index contributed by atoms with van der Waals surface area (Å²) in [7, 11) is 6.24. The van der Waals surface area contributed by atoms with Gasteiger partial charge in [-0.25, -0.2) is 0 Å². The fourth-order valence-electron chi connectivity index (χ4n) is 3.46. The van der Waals surface area contributed by atoms with E-state index in [0.717, 1.165) is 44.8 Å². The molecule has 1 aliphatic heterocycles. The maximum Gasteiger partial charge on any atom is 0.193 e. The minimum absolute atomic E-state index is 0.648. The highest BCUT2D eigenvalue weighted by molar-refractivity contribution is 5.79. The third kappa shape index (κ3) is 5.15. The Hall–Kier alpha value is -0.810. The first-order chi connectivity index (χ1) is 10.2. The molecule has 1 heterocycles. The lowest BCUT2D eigenvalue weighted by atomic mass is 10.1. The van der Waals surface area contributed by atoms with Crippen molar-refractivity contribution in [2.24, 2.45) is 10.9 Å². The standard InChI is InChI=1S/C16H32N4O/c1-17-16(20(3)12-14-8-11-21-13-14)18-9-10-19(2)15-6-4-5-7-15/h14-15H,4-13H2,1-3H3,(H,17,18). The fourth-order valence-corrected chi connectivity index (χ4v) is 3.46. The van der Waals surface area contributed by atoms with Crippen LogP contribution < -0.4 is 5.32 Å². The first kappa shape index (κ1) is 16.6. The lowest BCUT2D eigenvalue weighted by Crippen LogP contribution is -2.44. The molecule has 0 aromatic carbocycles. The molecule has 1 N–H and O–H groups in total. The average molecular weight is 296 g/mol. The summed E-state index contributed by atoms with van der Waals surface area (Å²) < 4.78 is 5.45. The number of guanidine groups is 1. The minimum Gasteiger partial charge on any atom is -0.381 e. The molecule has 1 saturated carbocycles. The van der Waals surface area contributed by atoms with Crippen LogP contribution in [0.4, 0.5) is 0 Å². The average Bonchev–Trinajstić information content (AvgIpc) is 3.15. The highest BCUT2D eigenvalue weighted by atomic mass is 16.5. The first-order valence-corrected chi connectivity index (χ1v) is 8.40. The predicted molar refractivity (Wildman–Crippen MR) is 87.8 cm³/mol. The molecule has 1 saturated heterocycles. The van der Waals surface area contributed by atoms with Crippen LogP contribution in [-0.4, -0.2) is 75.8 Å². The molecule has 0 spiro atoms. The SMILES string of the molecule is CN=C(NCCN(C)C1CCCC1)N(C)CC1CCOC1. The molecule has 0 aromatic rings. The summed E-state index contributed by atoms with van der Waals surface area (Å²) in [6, 6.07) is 0.794. The van der Waals surface area contributed by atoms with E-state index >= 15 is 0 Å². The van der Waals surface area contributed by atoms with Gasteiger partial charge in [0, 0.05) is 52.3 Å². The van der Waals surface area contributed by atoms with Crippen LogP contribution >= 0.6 is 0 Å². The molecule has 21 heavy (non-hydrogen) atoms. The number of ether oxygens (including phenoxy) is 1. The molecule has 0 radical (unpaired) electrons. The second-order valence-corrected chi connectivity index (χ2v) is 6.50. The summed E-state index contributed by atoms with van der Waals surface area (Å²) in [5, 5.41) is 3.49. The molecular weight excluding hydrogens is 264 g/mol. The van der Waals surface area contributed by atoms with E-state index < -0.39 is 0 Å². The van der Waals surface area contributed by atoms with Gasteiger partial charge in [-0.1, -0.05) is 12.8 Å². The normalized spacial score (nSPS) is 24.0. The van der Waals surface area contributed by atoms with E-state index in [4.69, 9.17) is 4.74 Å². The van der Waals surface area contributed by atoms with Crippen LogP contribution in [-0.2, 0) is 4.74 Å². The molecule has 0 amide bonds. The van der Waals surface area contributed by atoms with E-state index in [2.05, 4.69) is 34.2 Å². The number of rotatable bonds is 6. The van der Waals surface area contributed by atoms with Crippen molar-refractivity contribution in [3.8, 4) is 0 Å². The molecule has 0 aromatic heterocycles. The number of nitrogens with one attached hydrogen (secondary N) is 1. The van der Waals surface area contributed by atoms with Gasteiger partial charge in [-0.3, -0.25) is 4.99 Å². The van der Waals surface area contributed by atoms with E-state index in [1.54, 1.807) is 0 Å². The summed E-state index contributed by atoms with van der Waals surface area (Å²) in [4.78, 5) is 9.13. The number of likely N-dealkylation sites (N-methyl/N-ethyl adjacent to an activating group) is 1. The maximum absolute atomic E-state index is 5.45. The Balaban J connectivity index is 1.66. The van der Waals surface area contributed by atoms with Gasteiger partial charge in [0.25, 0.3) is 0 Å². The van der Waals surface area contributed by atoms with Crippen molar-refractivity contribution in [3.63, 3.8) is 0 Å². The Morgan fingerprint density at radius 2 is 2.00 bits per heavy atom. The van der Waals surface area contributed by atoms with Crippen molar-refractivity contribution in [1.29, 1.82) is 0 Å².